The highest BCUT2D eigenvalue weighted by molar-refractivity contribution is 7.90. The minimum Gasteiger partial charge on any atom is -0.461 e. The molecule has 12 heteroatoms. The number of pyridine rings is 1. The molecule has 0 radical (unpaired) electrons. The second kappa shape index (κ2) is 10.6. The lowest BCUT2D eigenvalue weighted by Crippen LogP contribution is -2.21. The first-order valence-electron chi connectivity index (χ1n) is 13.6. The van der Waals surface area contributed by atoms with Crippen molar-refractivity contribution in [1.82, 2.24) is 14.5 Å². The number of sulfone groups is 1. The van der Waals surface area contributed by atoms with Gasteiger partial charge in [-0.05, 0) is 75.4 Å². The molecule has 1 saturated heterocycles. The van der Waals surface area contributed by atoms with Crippen LogP contribution < -0.4 is 5.32 Å². The van der Waals surface area contributed by atoms with Gasteiger partial charge < -0.3 is 14.5 Å². The Kier molecular flexibility index (Phi) is 7.14. The number of anilines is 2. The molecule has 6 rings (SSSR count). The van der Waals surface area contributed by atoms with E-state index in [0.717, 1.165) is 31.9 Å². The number of hydrogen-bond acceptors (Lipinski definition) is 8. The van der Waals surface area contributed by atoms with Gasteiger partial charge in [0.1, 0.15) is 29.0 Å². The predicted octanol–water partition coefficient (Wildman–Crippen LogP) is 6.31. The molecule has 2 aliphatic rings. The zero-order valence-electron chi connectivity index (χ0n) is 22.7. The molecule has 1 aromatic carbocycles. The van der Waals surface area contributed by atoms with E-state index < -0.39 is 28.3 Å². The summed E-state index contributed by atoms with van der Waals surface area (Å²) in [6, 6.07) is 9.94. The second-order valence-electron chi connectivity index (χ2n) is 10.7. The van der Waals surface area contributed by atoms with Crippen molar-refractivity contribution in [2.24, 2.45) is 5.92 Å². The summed E-state index contributed by atoms with van der Waals surface area (Å²) < 4.78 is 67.2. The maximum Gasteiger partial charge on any atom is 0.295 e. The van der Waals surface area contributed by atoms with Crippen molar-refractivity contribution < 1.29 is 31.1 Å². The van der Waals surface area contributed by atoms with Crippen LogP contribution >= 0.6 is 0 Å². The van der Waals surface area contributed by atoms with Crippen molar-refractivity contribution in [2.45, 2.75) is 63.0 Å². The van der Waals surface area contributed by atoms with Crippen LogP contribution in [0.4, 0.5) is 20.2 Å². The molecule has 1 saturated carbocycles. The van der Waals surface area contributed by atoms with Crippen molar-refractivity contribution in [3.8, 4) is 11.3 Å². The lowest BCUT2D eigenvalue weighted by molar-refractivity contribution is -0.119. The molecule has 0 amide bonds. The Bertz CT molecular complexity index is 1740. The van der Waals surface area contributed by atoms with Crippen LogP contribution in [0.3, 0.4) is 0 Å². The first-order chi connectivity index (χ1) is 19.6. The Labute approximate surface area is 235 Å². The summed E-state index contributed by atoms with van der Waals surface area (Å²) in [6.45, 7) is 2.22. The van der Waals surface area contributed by atoms with Crippen LogP contribution in [0.2, 0.25) is 0 Å². The number of Topliss-reactive ketones (excluding diaryl/α,β-unsaturated/α-hetero) is 1. The SMILES string of the molecule is Cc1ccc(-c2ccc(Nc3cc(CC(=O)C4CC4)nc4c3nc(C(F)F)n4C3CCCCO3)c(S(C)(=O)=O)c2)o1. The van der Waals surface area contributed by atoms with Gasteiger partial charge in [-0.25, -0.2) is 27.2 Å². The van der Waals surface area contributed by atoms with Gasteiger partial charge >= 0.3 is 0 Å². The van der Waals surface area contributed by atoms with Gasteiger partial charge in [-0.2, -0.15) is 0 Å². The molecular formula is C29H30F2N4O5S. The number of hydrogen-bond donors (Lipinski definition) is 1. The van der Waals surface area contributed by atoms with Crippen molar-refractivity contribution in [1.29, 1.82) is 0 Å². The fourth-order valence-corrected chi connectivity index (χ4v) is 6.09. The minimum absolute atomic E-state index is 0.00579. The zero-order chi connectivity index (χ0) is 28.9. The molecule has 1 N–H and O–H groups in total. The van der Waals surface area contributed by atoms with Crippen LogP contribution in [0, 0.1) is 12.8 Å². The average Bonchev–Trinajstić information content (AvgIpc) is 3.58. The number of aryl methyl sites for hydroxylation is 1. The standard InChI is InChI=1S/C29H30F2N4O5S/c1-16-6-11-23(40-16)18-9-10-20(24(13-18)41(2,37)38)33-21-14-19(15-22(36)17-7-8-17)32-28-26(21)34-29(27(30)31)35(28)25-5-3-4-12-39-25/h6,9-11,13-14,17,25,27H,3-5,7-8,12,15H2,1-2H3,(H,32,33). The van der Waals surface area contributed by atoms with E-state index in [0.29, 0.717) is 35.8 Å². The van der Waals surface area contributed by atoms with E-state index in [4.69, 9.17) is 9.15 Å². The Morgan fingerprint density at radius 3 is 2.54 bits per heavy atom. The first-order valence-corrected chi connectivity index (χ1v) is 15.5. The third-order valence-electron chi connectivity index (χ3n) is 7.43. The molecular weight excluding hydrogens is 554 g/mol. The summed E-state index contributed by atoms with van der Waals surface area (Å²) in [5.74, 6) is 0.732. The van der Waals surface area contributed by atoms with Crippen LogP contribution in [0.1, 0.15) is 62.0 Å². The van der Waals surface area contributed by atoms with Crippen molar-refractivity contribution in [2.75, 3.05) is 18.2 Å². The van der Waals surface area contributed by atoms with E-state index in [-0.39, 0.29) is 45.6 Å². The number of ketones is 1. The van der Waals surface area contributed by atoms with Crippen molar-refractivity contribution >= 4 is 38.2 Å². The number of ether oxygens (including phenoxy) is 1. The van der Waals surface area contributed by atoms with Gasteiger partial charge in [-0.1, -0.05) is 0 Å². The monoisotopic (exact) mass is 584 g/mol. The van der Waals surface area contributed by atoms with E-state index >= 15 is 0 Å². The first kappa shape index (κ1) is 27.5. The molecule has 2 fully saturated rings. The van der Waals surface area contributed by atoms with Crippen LogP contribution in [0.15, 0.2) is 45.7 Å². The minimum atomic E-state index is -3.74. The summed E-state index contributed by atoms with van der Waals surface area (Å²) in [5.41, 5.74) is 1.77. The van der Waals surface area contributed by atoms with E-state index in [9.17, 15) is 22.0 Å². The largest absolute Gasteiger partial charge is 0.461 e. The van der Waals surface area contributed by atoms with E-state index in [1.807, 2.05) is 0 Å². The van der Waals surface area contributed by atoms with E-state index in [2.05, 4.69) is 15.3 Å². The number of halogens is 2. The summed E-state index contributed by atoms with van der Waals surface area (Å²) in [5, 5.41) is 3.12. The zero-order valence-corrected chi connectivity index (χ0v) is 23.5. The van der Waals surface area contributed by atoms with Crippen LogP contribution in [0.25, 0.3) is 22.5 Å². The smallest absolute Gasteiger partial charge is 0.295 e. The second-order valence-corrected chi connectivity index (χ2v) is 12.7. The van der Waals surface area contributed by atoms with Gasteiger partial charge in [0.2, 0.25) is 0 Å². The maximum absolute atomic E-state index is 14.3. The molecule has 216 valence electrons. The molecule has 3 aromatic heterocycles. The van der Waals surface area contributed by atoms with Crippen LogP contribution in [-0.2, 0) is 25.8 Å². The van der Waals surface area contributed by atoms with E-state index in [1.165, 1.54) is 10.6 Å². The Balaban J connectivity index is 1.50. The number of nitrogens with one attached hydrogen (secondary N) is 1. The number of aromatic nitrogens is 3. The number of rotatable bonds is 9. The molecule has 0 bridgehead atoms. The summed E-state index contributed by atoms with van der Waals surface area (Å²) >= 11 is 0. The number of nitrogens with zero attached hydrogens (tertiary/aromatic N) is 3. The van der Waals surface area contributed by atoms with Crippen molar-refractivity contribution in [3.05, 3.63) is 53.7 Å². The number of furan rings is 1. The lowest BCUT2D eigenvalue weighted by Gasteiger charge is -2.25. The number of alkyl halides is 2. The summed E-state index contributed by atoms with van der Waals surface area (Å²) in [4.78, 5) is 21.6. The Hall–Kier alpha value is -3.64. The van der Waals surface area contributed by atoms with Gasteiger partial charge in [0, 0.05) is 30.8 Å². The molecule has 0 spiro atoms. The number of carbonyl (C=O) groups excluding carboxylic acids is 1. The lowest BCUT2D eigenvalue weighted by atomic mass is 10.1. The average molecular weight is 585 g/mol. The van der Waals surface area contributed by atoms with Gasteiger partial charge in [0.15, 0.2) is 21.3 Å². The number of fused-ring (bicyclic) bond motifs is 1. The molecule has 4 heterocycles. The maximum atomic E-state index is 14.3. The van der Waals surface area contributed by atoms with Gasteiger partial charge in [-0.15, -0.1) is 0 Å². The van der Waals surface area contributed by atoms with Crippen LogP contribution in [-0.4, -0.2) is 41.6 Å². The molecule has 4 aromatic rings. The van der Waals surface area contributed by atoms with E-state index in [1.54, 1.807) is 37.3 Å². The molecule has 1 aliphatic carbocycles. The number of benzene rings is 1. The molecule has 1 unspecified atom stereocenters. The molecule has 1 atom stereocenters. The fourth-order valence-electron chi connectivity index (χ4n) is 5.23. The third kappa shape index (κ3) is 5.62. The highest BCUT2D eigenvalue weighted by Gasteiger charge is 2.32. The number of carbonyl (C=O) groups is 1. The molecule has 1 aliphatic heterocycles. The number of imidazole rings is 1. The fraction of sp³-hybridized carbons (Fsp3) is 0.414. The van der Waals surface area contributed by atoms with Gasteiger partial charge in [0.25, 0.3) is 6.43 Å². The Morgan fingerprint density at radius 2 is 1.90 bits per heavy atom. The van der Waals surface area contributed by atoms with Gasteiger partial charge in [0.05, 0.1) is 22.0 Å². The normalized spacial score (nSPS) is 17.8. The molecule has 41 heavy (non-hydrogen) atoms. The summed E-state index contributed by atoms with van der Waals surface area (Å²) in [6.07, 6.45) is 1.36. The Morgan fingerprint density at radius 1 is 1.10 bits per heavy atom. The highest BCUT2D eigenvalue weighted by Crippen LogP contribution is 2.38. The van der Waals surface area contributed by atoms with Crippen LogP contribution in [0.5, 0.6) is 0 Å². The summed E-state index contributed by atoms with van der Waals surface area (Å²) in [7, 11) is -3.74. The van der Waals surface area contributed by atoms with Gasteiger partial charge in [-0.3, -0.25) is 9.36 Å². The topological polar surface area (TPSA) is 116 Å². The molecule has 9 nitrogen and oxygen atoms in total. The quantitative estimate of drug-likeness (QED) is 0.244. The predicted molar refractivity (Wildman–Crippen MR) is 148 cm³/mol. The highest BCUT2D eigenvalue weighted by atomic mass is 32.2. The third-order valence-corrected chi connectivity index (χ3v) is 8.57. The van der Waals surface area contributed by atoms with Crippen molar-refractivity contribution in [3.63, 3.8) is 0 Å².